The average Bonchev–Trinajstić information content (AvgIpc) is 3.26. The van der Waals surface area contributed by atoms with Gasteiger partial charge in [0.05, 0.1) is 30.0 Å². The molecule has 2 aromatic rings. The molecule has 10 nitrogen and oxygen atoms in total. The molecule has 36 heavy (non-hydrogen) atoms. The minimum Gasteiger partial charge on any atom is -0.442 e. The van der Waals surface area contributed by atoms with Gasteiger partial charge in [-0.05, 0) is 35.7 Å². The summed E-state index contributed by atoms with van der Waals surface area (Å²) in [7, 11) is 0. The molecule has 2 N–H and O–H groups in total. The first kappa shape index (κ1) is 22.5. The lowest BCUT2D eigenvalue weighted by Gasteiger charge is -2.22. The SMILES string of the molecule is CC(=O)NCC1OC(=O)N2c3ccc(-c4ccc(C5(C#N)C6CN(C(=O)CO)CC65)nc4)cc3CC12. The van der Waals surface area contributed by atoms with Gasteiger partial charge in [0.2, 0.25) is 11.8 Å². The van der Waals surface area contributed by atoms with Crippen LogP contribution >= 0.6 is 0 Å². The Bertz CT molecular complexity index is 1310. The van der Waals surface area contributed by atoms with E-state index in [0.717, 1.165) is 22.4 Å². The van der Waals surface area contributed by atoms with Crippen LogP contribution in [0.5, 0.6) is 0 Å². The maximum atomic E-state index is 12.5. The van der Waals surface area contributed by atoms with E-state index in [1.54, 1.807) is 16.0 Å². The van der Waals surface area contributed by atoms with Crippen LogP contribution in [0.15, 0.2) is 36.5 Å². The number of carbonyl (C=O) groups is 3. The van der Waals surface area contributed by atoms with Crippen molar-refractivity contribution in [1.82, 2.24) is 15.2 Å². The fraction of sp³-hybridized carbons (Fsp3) is 0.423. The van der Waals surface area contributed by atoms with Gasteiger partial charge in [-0.1, -0.05) is 12.1 Å². The average molecular weight is 488 g/mol. The number of nitrogens with one attached hydrogen (secondary N) is 1. The van der Waals surface area contributed by atoms with Crippen molar-refractivity contribution >= 4 is 23.6 Å². The van der Waals surface area contributed by atoms with E-state index in [1.165, 1.54) is 6.92 Å². The molecule has 0 bridgehead atoms. The number of pyridine rings is 1. The number of piperidine rings is 1. The van der Waals surface area contributed by atoms with Crippen molar-refractivity contribution in [2.24, 2.45) is 11.8 Å². The second-order valence-electron chi connectivity index (χ2n) is 9.93. The van der Waals surface area contributed by atoms with Crippen molar-refractivity contribution in [1.29, 1.82) is 5.26 Å². The normalized spacial score (nSPS) is 29.2. The van der Waals surface area contributed by atoms with Crippen LogP contribution in [0, 0.1) is 23.2 Å². The molecule has 4 heterocycles. The van der Waals surface area contributed by atoms with E-state index in [1.807, 2.05) is 24.3 Å². The zero-order chi connectivity index (χ0) is 25.2. The second-order valence-corrected chi connectivity index (χ2v) is 9.93. The summed E-state index contributed by atoms with van der Waals surface area (Å²) in [6.45, 7) is 2.14. The minimum absolute atomic E-state index is 0.0370. The number of anilines is 1. The number of hydrogen-bond acceptors (Lipinski definition) is 7. The van der Waals surface area contributed by atoms with Crippen LogP contribution < -0.4 is 10.2 Å². The number of ether oxygens (including phenoxy) is 1. The first-order valence-electron chi connectivity index (χ1n) is 12.0. The summed E-state index contributed by atoms with van der Waals surface area (Å²) in [5.74, 6) is -0.392. The van der Waals surface area contributed by atoms with Gasteiger partial charge in [0, 0.05) is 43.6 Å². The largest absolute Gasteiger partial charge is 0.442 e. The summed E-state index contributed by atoms with van der Waals surface area (Å²) in [5.41, 5.74) is 3.75. The van der Waals surface area contributed by atoms with Crippen LogP contribution in [0.25, 0.3) is 11.1 Å². The number of aliphatic hydroxyl groups is 1. The Kier molecular flexibility index (Phi) is 5.02. The highest BCUT2D eigenvalue weighted by molar-refractivity contribution is 5.94. The van der Waals surface area contributed by atoms with E-state index in [2.05, 4.69) is 22.4 Å². The van der Waals surface area contributed by atoms with Crippen LogP contribution in [0.2, 0.25) is 0 Å². The van der Waals surface area contributed by atoms with E-state index in [4.69, 9.17) is 9.84 Å². The fourth-order valence-electron chi connectivity index (χ4n) is 6.22. The molecule has 0 radical (unpaired) electrons. The van der Waals surface area contributed by atoms with Crippen LogP contribution in [-0.4, -0.2) is 71.3 Å². The molecule has 184 valence electrons. The lowest BCUT2D eigenvalue weighted by atomic mass is 9.95. The van der Waals surface area contributed by atoms with Crippen LogP contribution in [0.1, 0.15) is 18.2 Å². The van der Waals surface area contributed by atoms with Gasteiger partial charge in [-0.25, -0.2) is 4.79 Å². The topological polar surface area (TPSA) is 136 Å². The highest BCUT2D eigenvalue weighted by atomic mass is 16.6. The Morgan fingerprint density at radius 2 is 2.00 bits per heavy atom. The van der Waals surface area contributed by atoms with Crippen LogP contribution in [0.4, 0.5) is 10.5 Å². The molecule has 3 fully saturated rings. The number of nitriles is 1. The summed E-state index contributed by atoms with van der Waals surface area (Å²) in [6, 6.07) is 12.0. The Balaban J connectivity index is 1.20. The van der Waals surface area contributed by atoms with Gasteiger partial charge in [-0.3, -0.25) is 19.5 Å². The quantitative estimate of drug-likeness (QED) is 0.642. The van der Waals surface area contributed by atoms with Crippen LogP contribution in [0.3, 0.4) is 0 Å². The maximum absolute atomic E-state index is 12.5. The Labute approximate surface area is 207 Å². The van der Waals surface area contributed by atoms with E-state index in [-0.39, 0.29) is 36.2 Å². The third-order valence-corrected chi connectivity index (χ3v) is 8.10. The van der Waals surface area contributed by atoms with E-state index in [9.17, 15) is 19.6 Å². The minimum atomic E-state index is -0.684. The molecule has 4 unspecified atom stereocenters. The van der Waals surface area contributed by atoms with E-state index < -0.39 is 24.2 Å². The van der Waals surface area contributed by atoms with Gasteiger partial charge in [0.15, 0.2) is 0 Å². The van der Waals surface area contributed by atoms with Crippen molar-refractivity contribution in [3.05, 3.63) is 47.8 Å². The number of hydrogen-bond donors (Lipinski definition) is 2. The molecule has 3 amide bonds. The molecule has 1 aliphatic carbocycles. The molecule has 1 saturated carbocycles. The number of amides is 3. The van der Waals surface area contributed by atoms with Gasteiger partial charge >= 0.3 is 6.09 Å². The van der Waals surface area contributed by atoms with Crippen LogP contribution in [-0.2, 0) is 26.2 Å². The zero-order valence-electron chi connectivity index (χ0n) is 19.7. The molecule has 4 atom stereocenters. The zero-order valence-corrected chi connectivity index (χ0v) is 19.7. The predicted octanol–water partition coefficient (Wildman–Crippen LogP) is 0.976. The highest BCUT2D eigenvalue weighted by Crippen LogP contribution is 2.62. The molecule has 0 spiro atoms. The fourth-order valence-corrected chi connectivity index (χ4v) is 6.22. The molecule has 4 aliphatic rings. The molecule has 10 heteroatoms. The maximum Gasteiger partial charge on any atom is 0.415 e. The Morgan fingerprint density at radius 3 is 2.64 bits per heavy atom. The predicted molar refractivity (Wildman–Crippen MR) is 127 cm³/mol. The lowest BCUT2D eigenvalue weighted by Crippen LogP contribution is -2.40. The van der Waals surface area contributed by atoms with Crippen molar-refractivity contribution in [2.75, 3.05) is 31.1 Å². The first-order chi connectivity index (χ1) is 17.4. The summed E-state index contributed by atoms with van der Waals surface area (Å²) in [4.78, 5) is 43.5. The van der Waals surface area contributed by atoms with Gasteiger partial charge in [-0.15, -0.1) is 0 Å². The number of aromatic nitrogens is 1. The Morgan fingerprint density at radius 1 is 1.25 bits per heavy atom. The molecule has 2 saturated heterocycles. The van der Waals surface area contributed by atoms with Crippen molar-refractivity contribution < 1.29 is 24.2 Å². The smallest absolute Gasteiger partial charge is 0.415 e. The number of likely N-dealkylation sites (tertiary alicyclic amines) is 1. The number of aliphatic hydroxyl groups excluding tert-OH is 1. The number of carbonyl (C=O) groups excluding carboxylic acids is 3. The van der Waals surface area contributed by atoms with Gasteiger partial charge in [-0.2, -0.15) is 5.26 Å². The standard InChI is InChI=1S/C26H25N5O5/c1-14(33)28-9-22-21-7-17-6-15(2-4-20(17)31(21)25(35)36-22)16-3-5-23(29-8-16)26(13-27)18-10-30(11-19(18)26)24(34)12-32/h2-6,8,18-19,21-22,32H,7,9-12H2,1H3,(H,28,33). The van der Waals surface area contributed by atoms with Crippen molar-refractivity contribution in [2.45, 2.75) is 30.9 Å². The second kappa shape index (κ2) is 8.03. The highest BCUT2D eigenvalue weighted by Gasteiger charge is 2.71. The summed E-state index contributed by atoms with van der Waals surface area (Å²) in [5, 5.41) is 21.8. The molecular weight excluding hydrogens is 462 g/mol. The van der Waals surface area contributed by atoms with Gasteiger partial charge in [0.1, 0.15) is 18.1 Å². The number of cyclic esters (lactones) is 1. The third kappa shape index (κ3) is 3.19. The van der Waals surface area contributed by atoms with Gasteiger partial charge < -0.3 is 20.1 Å². The number of benzene rings is 1. The first-order valence-corrected chi connectivity index (χ1v) is 12.0. The molecule has 3 aliphatic heterocycles. The molecule has 1 aromatic carbocycles. The summed E-state index contributed by atoms with van der Waals surface area (Å²) < 4.78 is 5.47. The molecule has 6 rings (SSSR count). The molecule has 1 aromatic heterocycles. The summed E-state index contributed by atoms with van der Waals surface area (Å²) >= 11 is 0. The van der Waals surface area contributed by atoms with Crippen molar-refractivity contribution in [3.8, 4) is 17.2 Å². The molecular formula is C26H25N5O5. The van der Waals surface area contributed by atoms with Crippen molar-refractivity contribution in [3.63, 3.8) is 0 Å². The third-order valence-electron chi connectivity index (χ3n) is 8.10. The van der Waals surface area contributed by atoms with E-state index in [0.29, 0.717) is 25.2 Å². The number of fused-ring (bicyclic) bond motifs is 4. The monoisotopic (exact) mass is 487 g/mol. The number of nitrogens with zero attached hydrogens (tertiary/aromatic N) is 4. The summed E-state index contributed by atoms with van der Waals surface area (Å²) in [6.07, 6.45) is 1.60. The van der Waals surface area contributed by atoms with Gasteiger partial charge in [0.25, 0.3) is 0 Å². The Hall–Kier alpha value is -3.97. The lowest BCUT2D eigenvalue weighted by molar-refractivity contribution is -0.133. The number of rotatable bonds is 5. The van der Waals surface area contributed by atoms with E-state index >= 15 is 0 Å².